The molecule has 1 saturated carbocycles. The standard InChI is InChI=1S/C14H16ClNO3/c15-10-1-4-12(19-13-5-6-18-14(13)17)9(7-10)8-16-11-2-3-11/h1,4,7,11,13,16H,2-3,5-6,8H2. The van der Waals surface area contributed by atoms with Crippen molar-refractivity contribution in [1.29, 1.82) is 0 Å². The van der Waals surface area contributed by atoms with Gasteiger partial charge in [0, 0.05) is 29.6 Å². The van der Waals surface area contributed by atoms with E-state index in [0.717, 1.165) is 5.56 Å². The average Bonchev–Trinajstić information content (AvgIpc) is 3.14. The molecule has 2 aliphatic rings. The highest BCUT2D eigenvalue weighted by Crippen LogP contribution is 2.27. The van der Waals surface area contributed by atoms with Crippen LogP contribution in [0.25, 0.3) is 0 Å². The number of rotatable bonds is 5. The van der Waals surface area contributed by atoms with Crippen molar-refractivity contribution in [3.63, 3.8) is 0 Å². The lowest BCUT2D eigenvalue weighted by Gasteiger charge is -2.15. The van der Waals surface area contributed by atoms with Crippen LogP contribution in [0.5, 0.6) is 5.75 Å². The number of halogens is 1. The minimum atomic E-state index is -0.485. The second-order valence-electron chi connectivity index (χ2n) is 4.97. The Bertz CT molecular complexity index is 488. The molecule has 0 spiro atoms. The molecule has 1 unspecified atom stereocenters. The molecule has 1 saturated heterocycles. The van der Waals surface area contributed by atoms with Crippen LogP contribution in [0, 0.1) is 0 Å². The Morgan fingerprint density at radius 2 is 2.21 bits per heavy atom. The molecule has 0 aromatic heterocycles. The second-order valence-corrected chi connectivity index (χ2v) is 5.41. The van der Waals surface area contributed by atoms with Crippen molar-refractivity contribution in [1.82, 2.24) is 5.32 Å². The maximum atomic E-state index is 11.4. The first-order valence-corrected chi connectivity index (χ1v) is 6.95. The lowest BCUT2D eigenvalue weighted by molar-refractivity contribution is -0.143. The predicted octanol–water partition coefficient (Wildman–Crippen LogP) is 2.29. The summed E-state index contributed by atoms with van der Waals surface area (Å²) in [6.45, 7) is 1.15. The first-order valence-electron chi connectivity index (χ1n) is 6.57. The molecule has 19 heavy (non-hydrogen) atoms. The zero-order chi connectivity index (χ0) is 13.2. The van der Waals surface area contributed by atoms with Crippen molar-refractivity contribution < 1.29 is 14.3 Å². The number of esters is 1. The molecule has 4 nitrogen and oxygen atoms in total. The highest BCUT2D eigenvalue weighted by Gasteiger charge is 2.29. The van der Waals surface area contributed by atoms with Crippen molar-refractivity contribution in [2.24, 2.45) is 0 Å². The van der Waals surface area contributed by atoms with Gasteiger partial charge >= 0.3 is 5.97 Å². The highest BCUT2D eigenvalue weighted by molar-refractivity contribution is 6.30. The molecule has 1 aromatic rings. The number of hydrogen-bond donors (Lipinski definition) is 1. The quantitative estimate of drug-likeness (QED) is 0.841. The van der Waals surface area contributed by atoms with E-state index >= 15 is 0 Å². The van der Waals surface area contributed by atoms with Gasteiger partial charge in [-0.25, -0.2) is 4.79 Å². The Morgan fingerprint density at radius 3 is 2.89 bits per heavy atom. The van der Waals surface area contributed by atoms with E-state index in [0.29, 0.717) is 36.4 Å². The van der Waals surface area contributed by atoms with Crippen LogP contribution in [0.4, 0.5) is 0 Å². The Balaban J connectivity index is 1.72. The number of benzene rings is 1. The summed E-state index contributed by atoms with van der Waals surface area (Å²) >= 11 is 6.02. The minimum absolute atomic E-state index is 0.281. The molecule has 0 amide bonds. The number of cyclic esters (lactones) is 1. The lowest BCUT2D eigenvalue weighted by Crippen LogP contribution is -2.23. The second kappa shape index (κ2) is 5.39. The Kier molecular flexibility index (Phi) is 3.62. The summed E-state index contributed by atoms with van der Waals surface area (Å²) in [6.07, 6.45) is 2.58. The number of nitrogens with one attached hydrogen (secondary N) is 1. The van der Waals surface area contributed by atoms with Gasteiger partial charge in [0.15, 0.2) is 6.10 Å². The van der Waals surface area contributed by atoms with Gasteiger partial charge in [0.05, 0.1) is 6.61 Å². The summed E-state index contributed by atoms with van der Waals surface area (Å²) in [4.78, 5) is 11.4. The van der Waals surface area contributed by atoms with Crippen molar-refractivity contribution in [3.05, 3.63) is 28.8 Å². The van der Waals surface area contributed by atoms with E-state index in [2.05, 4.69) is 5.32 Å². The zero-order valence-corrected chi connectivity index (χ0v) is 11.3. The van der Waals surface area contributed by atoms with E-state index in [4.69, 9.17) is 21.1 Å². The van der Waals surface area contributed by atoms with Crippen LogP contribution in [0.2, 0.25) is 5.02 Å². The van der Waals surface area contributed by atoms with Crippen LogP contribution >= 0.6 is 11.6 Å². The number of carbonyl (C=O) groups excluding carboxylic acids is 1. The van der Waals surface area contributed by atoms with E-state index in [1.807, 2.05) is 12.1 Å². The van der Waals surface area contributed by atoms with E-state index in [-0.39, 0.29) is 5.97 Å². The predicted molar refractivity (Wildman–Crippen MR) is 71.3 cm³/mol. The van der Waals surface area contributed by atoms with Crippen LogP contribution in [-0.2, 0) is 16.1 Å². The van der Waals surface area contributed by atoms with Gasteiger partial charge in [-0.15, -0.1) is 0 Å². The maximum absolute atomic E-state index is 11.4. The minimum Gasteiger partial charge on any atom is -0.478 e. The summed E-state index contributed by atoms with van der Waals surface area (Å²) < 4.78 is 10.7. The van der Waals surface area contributed by atoms with Crippen LogP contribution in [0.3, 0.4) is 0 Å². The maximum Gasteiger partial charge on any atom is 0.347 e. The highest BCUT2D eigenvalue weighted by atomic mass is 35.5. The third-order valence-corrected chi connectivity index (χ3v) is 3.57. The normalized spacial score (nSPS) is 22.4. The molecular formula is C14H16ClNO3. The van der Waals surface area contributed by atoms with Crippen molar-refractivity contribution in [3.8, 4) is 5.75 Å². The van der Waals surface area contributed by atoms with Crippen LogP contribution < -0.4 is 10.1 Å². The van der Waals surface area contributed by atoms with Gasteiger partial charge < -0.3 is 14.8 Å². The molecule has 1 N–H and O–H groups in total. The van der Waals surface area contributed by atoms with Gasteiger partial charge in [-0.3, -0.25) is 0 Å². The van der Waals surface area contributed by atoms with E-state index in [1.165, 1.54) is 12.8 Å². The molecule has 5 heteroatoms. The summed E-state index contributed by atoms with van der Waals surface area (Å²) in [5, 5.41) is 4.10. The molecule has 0 bridgehead atoms. The van der Waals surface area contributed by atoms with Gasteiger partial charge in [0.2, 0.25) is 0 Å². The van der Waals surface area contributed by atoms with Crippen molar-refractivity contribution in [2.45, 2.75) is 38.0 Å². The third kappa shape index (κ3) is 3.19. The smallest absolute Gasteiger partial charge is 0.347 e. The zero-order valence-electron chi connectivity index (χ0n) is 10.5. The molecule has 0 radical (unpaired) electrons. The van der Waals surface area contributed by atoms with E-state index < -0.39 is 6.10 Å². The van der Waals surface area contributed by atoms with Crippen molar-refractivity contribution in [2.75, 3.05) is 6.61 Å². The number of hydrogen-bond acceptors (Lipinski definition) is 4. The fraction of sp³-hybridized carbons (Fsp3) is 0.500. The molecular weight excluding hydrogens is 266 g/mol. The number of carbonyl (C=O) groups is 1. The third-order valence-electron chi connectivity index (χ3n) is 3.34. The van der Waals surface area contributed by atoms with E-state index in [9.17, 15) is 4.79 Å². The molecule has 1 aliphatic heterocycles. The summed E-state index contributed by atoms with van der Waals surface area (Å²) in [5.41, 5.74) is 0.985. The van der Waals surface area contributed by atoms with Gasteiger partial charge in [-0.1, -0.05) is 11.6 Å². The van der Waals surface area contributed by atoms with Gasteiger partial charge in [-0.05, 0) is 31.0 Å². The summed E-state index contributed by atoms with van der Waals surface area (Å²) in [5.74, 6) is 0.428. The fourth-order valence-corrected chi connectivity index (χ4v) is 2.28. The summed E-state index contributed by atoms with van der Waals surface area (Å²) in [6, 6.07) is 6.09. The monoisotopic (exact) mass is 281 g/mol. The van der Waals surface area contributed by atoms with Gasteiger partial charge in [0.1, 0.15) is 5.75 Å². The molecule has 102 valence electrons. The average molecular weight is 282 g/mol. The first kappa shape index (κ1) is 12.8. The molecule has 1 aliphatic carbocycles. The number of ether oxygens (including phenoxy) is 2. The Hall–Kier alpha value is -1.26. The van der Waals surface area contributed by atoms with Gasteiger partial charge in [-0.2, -0.15) is 0 Å². The molecule has 3 rings (SSSR count). The Morgan fingerprint density at radius 1 is 1.37 bits per heavy atom. The first-order chi connectivity index (χ1) is 9.22. The SMILES string of the molecule is O=C1OCCC1Oc1ccc(Cl)cc1CNC1CC1. The van der Waals surface area contributed by atoms with E-state index in [1.54, 1.807) is 6.07 Å². The van der Waals surface area contributed by atoms with Crippen LogP contribution in [0.15, 0.2) is 18.2 Å². The Labute approximate surface area is 117 Å². The molecule has 1 aromatic carbocycles. The lowest BCUT2D eigenvalue weighted by atomic mass is 10.2. The molecule has 2 fully saturated rings. The largest absolute Gasteiger partial charge is 0.478 e. The fourth-order valence-electron chi connectivity index (χ4n) is 2.08. The van der Waals surface area contributed by atoms with Crippen LogP contribution in [-0.4, -0.2) is 24.7 Å². The topological polar surface area (TPSA) is 47.6 Å². The molecule has 1 heterocycles. The van der Waals surface area contributed by atoms with Crippen LogP contribution in [0.1, 0.15) is 24.8 Å². The van der Waals surface area contributed by atoms with Gasteiger partial charge in [0.25, 0.3) is 0 Å². The van der Waals surface area contributed by atoms with Crippen molar-refractivity contribution >= 4 is 17.6 Å². The molecule has 1 atom stereocenters. The summed E-state index contributed by atoms with van der Waals surface area (Å²) in [7, 11) is 0.